The van der Waals surface area contributed by atoms with Crippen LogP contribution in [0, 0.1) is 0 Å². The van der Waals surface area contributed by atoms with Crippen molar-refractivity contribution in [2.24, 2.45) is 0 Å². The summed E-state index contributed by atoms with van der Waals surface area (Å²) in [5.41, 5.74) is 0.937. The van der Waals surface area contributed by atoms with E-state index in [1.54, 1.807) is 19.3 Å². The highest BCUT2D eigenvalue weighted by Crippen LogP contribution is 2.36. The summed E-state index contributed by atoms with van der Waals surface area (Å²) in [5.74, 6) is -2.62. The van der Waals surface area contributed by atoms with Crippen molar-refractivity contribution in [1.29, 1.82) is 0 Å². The van der Waals surface area contributed by atoms with Crippen LogP contribution in [0.5, 0.6) is 0 Å². The second-order valence-corrected chi connectivity index (χ2v) is 6.83. The molecule has 0 aromatic carbocycles. The summed E-state index contributed by atoms with van der Waals surface area (Å²) < 4.78 is 43.7. The van der Waals surface area contributed by atoms with Crippen molar-refractivity contribution in [2.75, 3.05) is 19.7 Å². The van der Waals surface area contributed by atoms with Gasteiger partial charge < -0.3 is 19.5 Å². The number of pyridine rings is 1. The summed E-state index contributed by atoms with van der Waals surface area (Å²) >= 11 is 0. The fourth-order valence-corrected chi connectivity index (χ4v) is 3.25. The van der Waals surface area contributed by atoms with Gasteiger partial charge in [0.05, 0.1) is 24.9 Å². The molecule has 10 heteroatoms. The number of hydrogen-bond donors (Lipinski definition) is 1. The summed E-state index contributed by atoms with van der Waals surface area (Å²) in [5, 5.41) is 7.12. The van der Waals surface area contributed by atoms with Gasteiger partial charge in [0.25, 0.3) is 0 Å². The van der Waals surface area contributed by atoms with Crippen LogP contribution in [-0.2, 0) is 25.7 Å². The first-order valence-electron chi connectivity index (χ1n) is 8.81. The number of halogens is 3. The van der Waals surface area contributed by atoms with Gasteiger partial charge in [0.1, 0.15) is 0 Å². The molecule has 28 heavy (non-hydrogen) atoms. The number of aliphatic carboxylic acids is 1. The number of rotatable bonds is 3. The van der Waals surface area contributed by atoms with Gasteiger partial charge in [-0.3, -0.25) is 9.78 Å². The molecule has 2 aliphatic heterocycles. The number of carbonyl (C=O) groups excluding carboxylic acids is 1. The SMILES string of the molecule is CC(=O)N1CCC[C@]2(C[C@@H](OCc3ccncc3)CO2)C1.O=C(O)C(F)(F)F. The van der Waals surface area contributed by atoms with Gasteiger partial charge in [-0.2, -0.15) is 13.2 Å². The lowest BCUT2D eigenvalue weighted by Crippen LogP contribution is -2.49. The number of likely N-dealkylation sites (tertiary alicyclic amines) is 1. The largest absolute Gasteiger partial charge is 0.490 e. The van der Waals surface area contributed by atoms with E-state index in [0.717, 1.165) is 31.4 Å². The van der Waals surface area contributed by atoms with Crippen LogP contribution in [0.1, 0.15) is 31.7 Å². The zero-order valence-electron chi connectivity index (χ0n) is 15.4. The lowest BCUT2D eigenvalue weighted by atomic mass is 9.89. The number of amides is 1. The minimum Gasteiger partial charge on any atom is -0.475 e. The normalized spacial score (nSPS) is 24.6. The Bertz CT molecular complexity index is 671. The molecule has 2 aliphatic rings. The third-order valence-electron chi connectivity index (χ3n) is 4.64. The van der Waals surface area contributed by atoms with Crippen molar-refractivity contribution < 1.29 is 37.3 Å². The van der Waals surface area contributed by atoms with Gasteiger partial charge in [0.15, 0.2) is 0 Å². The van der Waals surface area contributed by atoms with Gasteiger partial charge in [-0.05, 0) is 30.5 Å². The van der Waals surface area contributed by atoms with E-state index in [0.29, 0.717) is 19.8 Å². The van der Waals surface area contributed by atoms with E-state index in [4.69, 9.17) is 19.4 Å². The molecule has 3 rings (SSSR count). The molecule has 0 saturated carbocycles. The quantitative estimate of drug-likeness (QED) is 0.832. The van der Waals surface area contributed by atoms with Crippen molar-refractivity contribution in [3.8, 4) is 0 Å². The first kappa shape index (κ1) is 22.1. The average molecular weight is 404 g/mol. The minimum absolute atomic E-state index is 0.116. The smallest absolute Gasteiger partial charge is 0.475 e. The first-order valence-corrected chi connectivity index (χ1v) is 8.81. The Morgan fingerprint density at radius 3 is 2.61 bits per heavy atom. The zero-order chi connectivity index (χ0) is 20.8. The Labute approximate surface area is 160 Å². The molecule has 1 aromatic heterocycles. The van der Waals surface area contributed by atoms with Crippen molar-refractivity contribution in [3.63, 3.8) is 0 Å². The topological polar surface area (TPSA) is 89.0 Å². The first-order chi connectivity index (χ1) is 13.1. The molecular formula is C18H23F3N2O5. The lowest BCUT2D eigenvalue weighted by molar-refractivity contribution is -0.192. The van der Waals surface area contributed by atoms with Crippen molar-refractivity contribution in [3.05, 3.63) is 30.1 Å². The van der Waals surface area contributed by atoms with E-state index in [-0.39, 0.29) is 17.6 Å². The molecule has 2 atom stereocenters. The molecule has 2 saturated heterocycles. The van der Waals surface area contributed by atoms with E-state index < -0.39 is 12.1 Å². The second kappa shape index (κ2) is 9.33. The molecule has 7 nitrogen and oxygen atoms in total. The van der Waals surface area contributed by atoms with E-state index >= 15 is 0 Å². The Kier molecular flexibility index (Phi) is 7.36. The fraction of sp³-hybridized carbons (Fsp3) is 0.611. The molecule has 2 fully saturated rings. The number of hydrogen-bond acceptors (Lipinski definition) is 5. The summed E-state index contributed by atoms with van der Waals surface area (Å²) in [6.07, 6.45) is 1.49. The summed E-state index contributed by atoms with van der Waals surface area (Å²) in [7, 11) is 0. The zero-order valence-corrected chi connectivity index (χ0v) is 15.4. The van der Waals surface area contributed by atoms with Gasteiger partial charge in [0, 0.05) is 38.8 Å². The molecular weight excluding hydrogens is 381 g/mol. The number of aromatic nitrogens is 1. The summed E-state index contributed by atoms with van der Waals surface area (Å²) in [6.45, 7) is 4.39. The highest BCUT2D eigenvalue weighted by atomic mass is 19.4. The third-order valence-corrected chi connectivity index (χ3v) is 4.64. The predicted molar refractivity (Wildman–Crippen MR) is 91.3 cm³/mol. The molecule has 0 radical (unpaired) electrons. The molecule has 0 bridgehead atoms. The number of piperidine rings is 1. The van der Waals surface area contributed by atoms with Gasteiger partial charge in [0.2, 0.25) is 5.91 Å². The van der Waals surface area contributed by atoms with Crippen LogP contribution in [0.25, 0.3) is 0 Å². The second-order valence-electron chi connectivity index (χ2n) is 6.83. The molecule has 1 N–H and O–H groups in total. The molecule has 1 spiro atoms. The minimum atomic E-state index is -5.08. The number of carboxylic acids is 1. The fourth-order valence-electron chi connectivity index (χ4n) is 3.25. The van der Waals surface area contributed by atoms with E-state index in [9.17, 15) is 18.0 Å². The van der Waals surface area contributed by atoms with Crippen molar-refractivity contribution >= 4 is 11.9 Å². The number of carboxylic acid groups (broad SMARTS) is 1. The molecule has 156 valence electrons. The van der Waals surface area contributed by atoms with Crippen LogP contribution in [0.15, 0.2) is 24.5 Å². The third kappa shape index (κ3) is 6.45. The van der Waals surface area contributed by atoms with E-state index in [1.807, 2.05) is 17.0 Å². The Hall–Kier alpha value is -2.20. The van der Waals surface area contributed by atoms with Crippen LogP contribution in [0.3, 0.4) is 0 Å². The van der Waals surface area contributed by atoms with E-state index in [1.165, 1.54) is 0 Å². The molecule has 1 aromatic rings. The van der Waals surface area contributed by atoms with Crippen molar-refractivity contribution in [2.45, 2.75) is 50.7 Å². The highest BCUT2D eigenvalue weighted by molar-refractivity contribution is 5.73. The monoisotopic (exact) mass is 404 g/mol. The van der Waals surface area contributed by atoms with Gasteiger partial charge in [-0.1, -0.05) is 0 Å². The number of nitrogens with zero attached hydrogens (tertiary/aromatic N) is 2. The average Bonchev–Trinajstić information content (AvgIpc) is 3.03. The number of carbonyl (C=O) groups is 2. The van der Waals surface area contributed by atoms with Crippen LogP contribution in [0.4, 0.5) is 13.2 Å². The molecule has 0 unspecified atom stereocenters. The van der Waals surface area contributed by atoms with Crippen molar-refractivity contribution in [1.82, 2.24) is 9.88 Å². The van der Waals surface area contributed by atoms with Crippen LogP contribution >= 0.6 is 0 Å². The Morgan fingerprint density at radius 2 is 2.04 bits per heavy atom. The summed E-state index contributed by atoms with van der Waals surface area (Å²) in [6, 6.07) is 3.92. The predicted octanol–water partition coefficient (Wildman–Crippen LogP) is 2.40. The maximum absolute atomic E-state index is 11.6. The van der Waals surface area contributed by atoms with Gasteiger partial charge in [-0.25, -0.2) is 4.79 Å². The molecule has 0 aliphatic carbocycles. The van der Waals surface area contributed by atoms with Crippen LogP contribution in [0.2, 0.25) is 0 Å². The van der Waals surface area contributed by atoms with E-state index in [2.05, 4.69) is 4.98 Å². The van der Waals surface area contributed by atoms with Gasteiger partial charge >= 0.3 is 12.1 Å². The van der Waals surface area contributed by atoms with Crippen LogP contribution in [-0.4, -0.2) is 64.4 Å². The maximum atomic E-state index is 11.6. The molecule has 1 amide bonds. The molecule has 3 heterocycles. The van der Waals surface area contributed by atoms with Gasteiger partial charge in [-0.15, -0.1) is 0 Å². The lowest BCUT2D eigenvalue weighted by Gasteiger charge is -2.39. The van der Waals surface area contributed by atoms with Crippen LogP contribution < -0.4 is 0 Å². The maximum Gasteiger partial charge on any atom is 0.490 e. The highest BCUT2D eigenvalue weighted by Gasteiger charge is 2.44. The Balaban J connectivity index is 0.000000345. The number of alkyl halides is 3. The summed E-state index contributed by atoms with van der Waals surface area (Å²) in [4.78, 5) is 26.4. The number of ether oxygens (including phenoxy) is 2. The Morgan fingerprint density at radius 1 is 1.39 bits per heavy atom. The standard InChI is InChI=1S/C16H22N2O3.C2HF3O2/c1-13(19)18-8-2-5-16(12-18)9-15(11-21-16)20-10-14-3-6-17-7-4-14;3-2(4,5)1(6)7/h3-4,6-7,15H,2,5,8-12H2,1H3;(H,6,7)/t15-,16+;/m1./s1.